The number of piperazine rings is 1. The topological polar surface area (TPSA) is 72.2 Å². The lowest BCUT2D eigenvalue weighted by molar-refractivity contribution is -0.132. The molecule has 0 radical (unpaired) electrons. The second-order valence-corrected chi connectivity index (χ2v) is 8.30. The molecule has 1 saturated carbocycles. The van der Waals surface area contributed by atoms with Gasteiger partial charge in [-0.1, -0.05) is 11.6 Å². The first kappa shape index (κ1) is 22.5. The number of amides is 1. The molecular weight excluding hydrogens is 453 g/mol. The Labute approximate surface area is 197 Å². The summed E-state index contributed by atoms with van der Waals surface area (Å²) >= 11 is 6.33. The number of aromatic nitrogens is 3. The zero-order valence-corrected chi connectivity index (χ0v) is 19.5. The van der Waals surface area contributed by atoms with Crippen molar-refractivity contribution in [1.29, 1.82) is 0 Å². The molecule has 1 amide bonds. The number of hydrogen-bond donors (Lipinski definition) is 0. The number of ether oxygens (including phenoxy) is 2. The van der Waals surface area contributed by atoms with Gasteiger partial charge in [0.15, 0.2) is 0 Å². The van der Waals surface area contributed by atoms with E-state index in [9.17, 15) is 4.79 Å². The number of carbonyl (C=O) groups excluding carboxylic acids is 1. The van der Waals surface area contributed by atoms with Crippen LogP contribution in [0.25, 0.3) is 17.0 Å². The molecule has 3 aromatic rings. The lowest BCUT2D eigenvalue weighted by atomic mass is 10.1. The number of halogens is 2. The van der Waals surface area contributed by atoms with E-state index in [1.807, 2.05) is 27.8 Å². The molecule has 1 aliphatic carbocycles. The van der Waals surface area contributed by atoms with E-state index < -0.39 is 0 Å². The van der Waals surface area contributed by atoms with E-state index >= 15 is 0 Å². The van der Waals surface area contributed by atoms with Crippen LogP contribution in [0.5, 0.6) is 11.5 Å². The summed E-state index contributed by atoms with van der Waals surface area (Å²) in [5, 5.41) is 0.489. The van der Waals surface area contributed by atoms with E-state index in [1.165, 1.54) is 0 Å². The third kappa shape index (κ3) is 4.17. The van der Waals surface area contributed by atoms with Gasteiger partial charge in [-0.25, -0.2) is 4.98 Å². The number of methoxy groups -OCH3 is 2. The molecule has 10 heteroatoms. The normalized spacial score (nSPS) is 16.1. The SMILES string of the molecule is COc1cc(OC)c(-c2cn3ccc(N4CCN(C(=O)C5CC5)CC4)nc3n2)cc1Cl.Cl. The van der Waals surface area contributed by atoms with Crippen LogP contribution in [0.3, 0.4) is 0 Å². The second-order valence-electron chi connectivity index (χ2n) is 7.89. The van der Waals surface area contributed by atoms with Crippen molar-refractivity contribution in [3.8, 4) is 22.8 Å². The molecule has 5 rings (SSSR count). The monoisotopic (exact) mass is 477 g/mol. The molecule has 0 spiro atoms. The summed E-state index contributed by atoms with van der Waals surface area (Å²) in [6, 6.07) is 5.52. The van der Waals surface area contributed by atoms with Crippen LogP contribution in [0.1, 0.15) is 12.8 Å². The van der Waals surface area contributed by atoms with Gasteiger partial charge in [0.25, 0.3) is 0 Å². The molecule has 170 valence electrons. The molecule has 1 aliphatic heterocycles. The molecule has 1 aromatic carbocycles. The minimum absolute atomic E-state index is 0. The van der Waals surface area contributed by atoms with E-state index in [0.29, 0.717) is 33.9 Å². The van der Waals surface area contributed by atoms with E-state index in [4.69, 9.17) is 31.0 Å². The fraction of sp³-hybridized carbons (Fsp3) is 0.409. The molecule has 3 heterocycles. The van der Waals surface area contributed by atoms with Gasteiger partial charge in [-0.05, 0) is 25.0 Å². The Morgan fingerprint density at radius 3 is 2.44 bits per heavy atom. The van der Waals surface area contributed by atoms with Crippen molar-refractivity contribution in [3.63, 3.8) is 0 Å². The summed E-state index contributed by atoms with van der Waals surface area (Å²) in [5.74, 6) is 3.22. The standard InChI is InChI=1S/C22H24ClN5O3.ClH/c1-30-18-12-19(31-2)16(23)11-15(18)17-13-28-6-5-20(25-22(28)24-17)26-7-9-27(10-8-26)21(29)14-3-4-14;/h5-6,11-14H,3-4,7-10H2,1-2H3;1H. The summed E-state index contributed by atoms with van der Waals surface area (Å²) < 4.78 is 12.7. The molecule has 2 fully saturated rings. The second kappa shape index (κ2) is 9.03. The molecule has 0 atom stereocenters. The summed E-state index contributed by atoms with van der Waals surface area (Å²) in [5.41, 5.74) is 1.48. The van der Waals surface area contributed by atoms with Crippen LogP contribution in [0.4, 0.5) is 5.82 Å². The zero-order chi connectivity index (χ0) is 21.5. The fourth-order valence-corrected chi connectivity index (χ4v) is 4.21. The maximum atomic E-state index is 12.3. The Hall–Kier alpha value is -2.71. The van der Waals surface area contributed by atoms with E-state index in [0.717, 1.165) is 50.4 Å². The molecule has 8 nitrogen and oxygen atoms in total. The summed E-state index contributed by atoms with van der Waals surface area (Å²) in [4.78, 5) is 25.9. The Bertz CT molecular complexity index is 1140. The highest BCUT2D eigenvalue weighted by Gasteiger charge is 2.34. The van der Waals surface area contributed by atoms with Crippen LogP contribution in [0, 0.1) is 5.92 Å². The summed E-state index contributed by atoms with van der Waals surface area (Å²) in [7, 11) is 3.17. The van der Waals surface area contributed by atoms with E-state index in [-0.39, 0.29) is 18.3 Å². The largest absolute Gasteiger partial charge is 0.496 e. The van der Waals surface area contributed by atoms with Crippen molar-refractivity contribution in [2.45, 2.75) is 12.8 Å². The van der Waals surface area contributed by atoms with Gasteiger partial charge in [0.05, 0.1) is 24.9 Å². The zero-order valence-electron chi connectivity index (χ0n) is 18.0. The van der Waals surface area contributed by atoms with Crippen LogP contribution in [0.15, 0.2) is 30.6 Å². The van der Waals surface area contributed by atoms with Crippen molar-refractivity contribution < 1.29 is 14.3 Å². The minimum atomic E-state index is 0. The van der Waals surface area contributed by atoms with Gasteiger partial charge in [0.1, 0.15) is 17.3 Å². The highest BCUT2D eigenvalue weighted by Crippen LogP contribution is 2.38. The van der Waals surface area contributed by atoms with Crippen LogP contribution in [0.2, 0.25) is 5.02 Å². The van der Waals surface area contributed by atoms with Gasteiger partial charge in [-0.2, -0.15) is 4.98 Å². The van der Waals surface area contributed by atoms with Crippen molar-refractivity contribution in [3.05, 3.63) is 35.6 Å². The highest BCUT2D eigenvalue weighted by atomic mass is 35.5. The van der Waals surface area contributed by atoms with Crippen LogP contribution in [-0.2, 0) is 4.79 Å². The van der Waals surface area contributed by atoms with Gasteiger partial charge in [-0.15, -0.1) is 12.4 Å². The number of anilines is 1. The Kier molecular flexibility index (Phi) is 6.35. The van der Waals surface area contributed by atoms with Gasteiger partial charge < -0.3 is 19.3 Å². The Morgan fingerprint density at radius 2 is 1.78 bits per heavy atom. The maximum absolute atomic E-state index is 12.3. The van der Waals surface area contributed by atoms with Gasteiger partial charge in [-0.3, -0.25) is 9.20 Å². The maximum Gasteiger partial charge on any atom is 0.236 e. The fourth-order valence-electron chi connectivity index (χ4n) is 3.97. The predicted octanol–water partition coefficient (Wildman–Crippen LogP) is 3.55. The average molecular weight is 478 g/mol. The van der Waals surface area contributed by atoms with Crippen LogP contribution < -0.4 is 14.4 Å². The number of carbonyl (C=O) groups is 1. The molecular formula is C22H25Cl2N5O3. The number of hydrogen-bond acceptors (Lipinski definition) is 6. The lowest BCUT2D eigenvalue weighted by Crippen LogP contribution is -2.49. The first-order chi connectivity index (χ1) is 15.1. The number of benzene rings is 1. The summed E-state index contributed by atoms with van der Waals surface area (Å²) in [6.45, 7) is 3.03. The molecule has 0 unspecified atom stereocenters. The molecule has 1 saturated heterocycles. The van der Waals surface area contributed by atoms with Crippen molar-refractivity contribution >= 4 is 41.5 Å². The molecule has 32 heavy (non-hydrogen) atoms. The van der Waals surface area contributed by atoms with Crippen LogP contribution >= 0.6 is 24.0 Å². The van der Waals surface area contributed by atoms with Gasteiger partial charge >= 0.3 is 0 Å². The molecule has 2 aliphatic rings. The Balaban J connectivity index is 0.00000245. The number of rotatable bonds is 5. The van der Waals surface area contributed by atoms with E-state index in [2.05, 4.69) is 4.90 Å². The van der Waals surface area contributed by atoms with Crippen molar-refractivity contribution in [1.82, 2.24) is 19.3 Å². The number of imidazole rings is 1. The molecule has 2 aromatic heterocycles. The number of fused-ring (bicyclic) bond motifs is 1. The van der Waals surface area contributed by atoms with Crippen molar-refractivity contribution in [2.75, 3.05) is 45.3 Å². The molecule has 0 N–H and O–H groups in total. The lowest BCUT2D eigenvalue weighted by Gasteiger charge is -2.35. The van der Waals surface area contributed by atoms with Crippen LogP contribution in [-0.4, -0.2) is 65.6 Å². The average Bonchev–Trinajstić information content (AvgIpc) is 3.56. The smallest absolute Gasteiger partial charge is 0.236 e. The predicted molar refractivity (Wildman–Crippen MR) is 125 cm³/mol. The molecule has 0 bridgehead atoms. The third-order valence-electron chi connectivity index (χ3n) is 5.90. The van der Waals surface area contributed by atoms with Gasteiger partial charge in [0.2, 0.25) is 11.7 Å². The number of nitrogens with zero attached hydrogens (tertiary/aromatic N) is 5. The highest BCUT2D eigenvalue weighted by molar-refractivity contribution is 6.32. The minimum Gasteiger partial charge on any atom is -0.496 e. The first-order valence-corrected chi connectivity index (χ1v) is 10.8. The summed E-state index contributed by atoms with van der Waals surface area (Å²) in [6.07, 6.45) is 5.94. The quantitative estimate of drug-likeness (QED) is 0.559. The first-order valence-electron chi connectivity index (χ1n) is 10.4. The Morgan fingerprint density at radius 1 is 1.06 bits per heavy atom. The van der Waals surface area contributed by atoms with E-state index in [1.54, 1.807) is 26.4 Å². The van der Waals surface area contributed by atoms with Gasteiger partial charge in [0, 0.05) is 56.1 Å². The van der Waals surface area contributed by atoms with Crippen molar-refractivity contribution in [2.24, 2.45) is 5.92 Å². The third-order valence-corrected chi connectivity index (χ3v) is 6.20.